The minimum absolute atomic E-state index is 0.270. The molecule has 2 rings (SSSR count). The van der Waals surface area contributed by atoms with Gasteiger partial charge in [0.15, 0.2) is 6.10 Å². The van der Waals surface area contributed by atoms with Crippen molar-refractivity contribution in [3.63, 3.8) is 0 Å². The van der Waals surface area contributed by atoms with E-state index in [1.807, 2.05) is 0 Å². The number of carbonyl (C=O) groups excluding carboxylic acids is 2. The van der Waals surface area contributed by atoms with Crippen LogP contribution in [0.25, 0.3) is 0 Å². The number of esters is 1. The highest BCUT2D eigenvalue weighted by molar-refractivity contribution is 7.74. The predicted octanol–water partition coefficient (Wildman–Crippen LogP) is -0.279. The molecule has 2 bridgehead atoms. The molecule has 5 unspecified atom stereocenters. The van der Waals surface area contributed by atoms with Crippen LogP contribution in [0.15, 0.2) is 12.2 Å². The second-order valence-corrected chi connectivity index (χ2v) is 6.25. The second kappa shape index (κ2) is 6.45. The lowest BCUT2D eigenvalue weighted by molar-refractivity contribution is -0.155. The molecule has 2 aliphatic heterocycles. The van der Waals surface area contributed by atoms with Crippen molar-refractivity contribution in [3.05, 3.63) is 12.2 Å². The first-order chi connectivity index (χ1) is 10.2. The Bertz CT molecular complexity index is 523. The van der Waals surface area contributed by atoms with E-state index in [-0.39, 0.29) is 12.1 Å². The molecule has 22 heavy (non-hydrogen) atoms. The van der Waals surface area contributed by atoms with Crippen molar-refractivity contribution in [2.75, 3.05) is 6.54 Å². The molecule has 0 aromatic heterocycles. The van der Waals surface area contributed by atoms with Crippen LogP contribution in [0.3, 0.4) is 0 Å². The molecule has 2 aliphatic rings. The van der Waals surface area contributed by atoms with Gasteiger partial charge in [0.25, 0.3) is 0 Å². The Morgan fingerprint density at radius 3 is 2.82 bits per heavy atom. The molecule has 5 atom stereocenters. The first-order valence-corrected chi connectivity index (χ1v) is 7.80. The zero-order valence-corrected chi connectivity index (χ0v) is 13.1. The van der Waals surface area contributed by atoms with Crippen LogP contribution in [-0.4, -0.2) is 51.1 Å². The summed E-state index contributed by atoms with van der Waals surface area (Å²) < 4.78 is 37.4. The number of ether oxygens (including phenoxy) is 2. The van der Waals surface area contributed by atoms with Gasteiger partial charge in [0.2, 0.25) is 5.91 Å². The van der Waals surface area contributed by atoms with E-state index >= 15 is 0 Å². The van der Waals surface area contributed by atoms with E-state index in [9.17, 15) is 18.4 Å². The zero-order chi connectivity index (χ0) is 16.5. The van der Waals surface area contributed by atoms with Crippen LogP contribution >= 0.6 is 0 Å². The molecule has 2 saturated heterocycles. The van der Waals surface area contributed by atoms with Crippen LogP contribution in [0.1, 0.15) is 26.7 Å². The maximum Gasteiger partial charge on any atom is 0.325 e. The van der Waals surface area contributed by atoms with Gasteiger partial charge in [-0.3, -0.25) is 13.8 Å². The second-order valence-electron chi connectivity index (χ2n) is 5.65. The molecule has 0 spiro atoms. The van der Waals surface area contributed by atoms with Crippen LogP contribution in [0.4, 0.5) is 0 Å². The van der Waals surface area contributed by atoms with Crippen LogP contribution in [-0.2, 0) is 34.6 Å². The van der Waals surface area contributed by atoms with Gasteiger partial charge in [-0.15, -0.1) is 0 Å². The summed E-state index contributed by atoms with van der Waals surface area (Å²) in [4.78, 5) is 23.1. The summed E-state index contributed by atoms with van der Waals surface area (Å²) in [6, 6.07) is 0. The summed E-state index contributed by atoms with van der Waals surface area (Å²) in [5.74, 6) is -1.15. The summed E-state index contributed by atoms with van der Waals surface area (Å²) in [5.41, 5.74) is -0.525. The highest BCUT2D eigenvalue weighted by Gasteiger charge is 2.60. The first-order valence-electron chi connectivity index (χ1n) is 6.80. The molecule has 0 aliphatic carbocycles. The Morgan fingerprint density at radius 2 is 2.23 bits per heavy atom. The molecule has 2 heterocycles. The summed E-state index contributed by atoms with van der Waals surface area (Å²) in [5, 5.41) is 2.35. The van der Waals surface area contributed by atoms with E-state index in [1.165, 1.54) is 6.92 Å². The van der Waals surface area contributed by atoms with Gasteiger partial charge in [0.1, 0.15) is 12.6 Å². The van der Waals surface area contributed by atoms with E-state index in [0.29, 0.717) is 12.8 Å². The molecule has 9 heteroatoms. The first kappa shape index (κ1) is 17.1. The molecule has 0 saturated carbocycles. The summed E-state index contributed by atoms with van der Waals surface area (Å²) in [7, 11) is 0. The Morgan fingerprint density at radius 1 is 1.55 bits per heavy atom. The Balaban J connectivity index is 1.95. The quantitative estimate of drug-likeness (QED) is 0.404. The van der Waals surface area contributed by atoms with Crippen molar-refractivity contribution in [1.29, 1.82) is 0 Å². The smallest absolute Gasteiger partial charge is 0.325 e. The van der Waals surface area contributed by atoms with E-state index in [0.717, 1.165) is 0 Å². The Kier molecular flexibility index (Phi) is 5.00. The number of hydrogen-bond donors (Lipinski definition) is 1. The molecule has 0 aromatic carbocycles. The molecular weight excluding hydrogens is 314 g/mol. The van der Waals surface area contributed by atoms with Gasteiger partial charge in [-0.25, -0.2) is 4.21 Å². The van der Waals surface area contributed by atoms with Gasteiger partial charge in [-0.05, 0) is 26.7 Å². The molecule has 0 radical (unpaired) electrons. The maximum atomic E-state index is 11.8. The highest BCUT2D eigenvalue weighted by Crippen LogP contribution is 2.46. The fourth-order valence-electron chi connectivity index (χ4n) is 2.75. The van der Waals surface area contributed by atoms with Crippen molar-refractivity contribution in [1.82, 2.24) is 5.32 Å². The van der Waals surface area contributed by atoms with Gasteiger partial charge < -0.3 is 19.3 Å². The summed E-state index contributed by atoms with van der Waals surface area (Å²) in [6.07, 6.45) is -0.826. The van der Waals surface area contributed by atoms with Crippen LogP contribution in [0.2, 0.25) is 0 Å². The van der Waals surface area contributed by atoms with Gasteiger partial charge in [-0.2, -0.15) is 0 Å². The van der Waals surface area contributed by atoms with Crippen LogP contribution in [0, 0.1) is 0 Å². The molecule has 1 amide bonds. The number of fused-ring (bicyclic) bond motifs is 2. The van der Waals surface area contributed by atoms with Gasteiger partial charge in [0.05, 0.1) is 23.1 Å². The fourth-order valence-corrected chi connectivity index (χ4v) is 3.23. The monoisotopic (exact) mass is 332 g/mol. The lowest BCUT2D eigenvalue weighted by atomic mass is 9.85. The third kappa shape index (κ3) is 3.54. The van der Waals surface area contributed by atoms with E-state index in [2.05, 4.69) is 11.9 Å². The zero-order valence-electron chi connectivity index (χ0n) is 12.3. The third-order valence-corrected chi connectivity index (χ3v) is 4.21. The van der Waals surface area contributed by atoms with Crippen LogP contribution in [0.5, 0.6) is 0 Å². The molecule has 0 aromatic rings. The molecule has 1 N–H and O–H groups in total. The average Bonchev–Trinajstić information content (AvgIpc) is 2.92. The van der Waals surface area contributed by atoms with Gasteiger partial charge in [0, 0.05) is 5.57 Å². The Hall–Kier alpha value is -1.29. The number of amides is 1. The third-order valence-electron chi connectivity index (χ3n) is 3.84. The van der Waals surface area contributed by atoms with E-state index in [1.54, 1.807) is 6.92 Å². The van der Waals surface area contributed by atoms with Crippen molar-refractivity contribution in [3.8, 4) is 0 Å². The predicted molar refractivity (Wildman–Crippen MR) is 74.0 cm³/mol. The minimum Gasteiger partial charge on any atom is -0.750 e. The van der Waals surface area contributed by atoms with Gasteiger partial charge >= 0.3 is 5.97 Å². The van der Waals surface area contributed by atoms with Crippen molar-refractivity contribution < 1.29 is 32.0 Å². The number of hydrogen-bond acceptors (Lipinski definition) is 7. The molecule has 2 fully saturated rings. The fraction of sp³-hybridized carbons (Fsp3) is 0.692. The minimum atomic E-state index is -2.74. The highest BCUT2D eigenvalue weighted by atomic mass is 32.2. The lowest BCUT2D eigenvalue weighted by Crippen LogP contribution is -2.48. The van der Waals surface area contributed by atoms with Crippen molar-refractivity contribution in [2.45, 2.75) is 50.6 Å². The standard InChI is InChI=1S/C13H19NO7S/c1-7(2)12(16)14-6-9(15)19-10-8-4-5-13(3,20-8)11(10)21-22(17)18/h8,10-11H,1,4-6H2,2-3H3,(H,14,16)(H,17,18)/p-1. The average molecular weight is 332 g/mol. The SMILES string of the molecule is C=C(C)C(=O)NCC(=O)OC1C2CCC(C)(O2)C1OS(=O)[O-]. The maximum absolute atomic E-state index is 11.8. The van der Waals surface area contributed by atoms with Crippen molar-refractivity contribution >= 4 is 23.2 Å². The largest absolute Gasteiger partial charge is 0.750 e. The molecule has 124 valence electrons. The topological polar surface area (TPSA) is 114 Å². The lowest BCUT2D eigenvalue weighted by Gasteiger charge is -2.33. The summed E-state index contributed by atoms with van der Waals surface area (Å²) >= 11 is -2.74. The van der Waals surface area contributed by atoms with E-state index in [4.69, 9.17) is 13.7 Å². The summed E-state index contributed by atoms with van der Waals surface area (Å²) in [6.45, 7) is 6.35. The molecule has 8 nitrogen and oxygen atoms in total. The Labute approximate surface area is 130 Å². The molecular formula is C13H18NO7S-. The van der Waals surface area contributed by atoms with E-state index < -0.39 is 47.2 Å². The van der Waals surface area contributed by atoms with Crippen molar-refractivity contribution in [2.24, 2.45) is 0 Å². The number of carbonyl (C=O) groups is 2. The number of nitrogens with one attached hydrogen (secondary N) is 1. The van der Waals surface area contributed by atoms with Gasteiger partial charge in [-0.1, -0.05) is 6.58 Å². The normalized spacial score (nSPS) is 34.2. The van der Waals surface area contributed by atoms with Crippen LogP contribution < -0.4 is 5.32 Å². The number of rotatable bonds is 6.